The van der Waals surface area contributed by atoms with Gasteiger partial charge in [0, 0.05) is 19.2 Å². The largest absolute Gasteiger partial charge is 0.490 e. The molecule has 1 aliphatic heterocycles. The first-order valence-electron chi connectivity index (χ1n) is 8.97. The predicted octanol–water partition coefficient (Wildman–Crippen LogP) is -0.591. The molecule has 3 unspecified atom stereocenters. The van der Waals surface area contributed by atoms with Crippen LogP contribution in [0.4, 0.5) is 0 Å². The molecule has 2 rings (SSSR count). The highest BCUT2D eigenvalue weighted by atomic mass is 31.3. The molecule has 6 N–H and O–H groups in total. The van der Waals surface area contributed by atoms with E-state index in [1.165, 1.54) is 7.05 Å². The second kappa shape index (κ2) is 10.0. The van der Waals surface area contributed by atoms with Gasteiger partial charge in [-0.05, 0) is 5.92 Å². The Morgan fingerprint density at radius 3 is 2.27 bits per heavy atom. The highest BCUT2D eigenvalue weighted by Gasteiger charge is 2.44. The molecule has 6 atom stereocenters. The van der Waals surface area contributed by atoms with E-state index < -0.39 is 71.4 Å². The number of aromatic nitrogens is 2. The van der Waals surface area contributed by atoms with Crippen LogP contribution in [0.15, 0.2) is 15.8 Å². The molecular formula is C13H22N3O14P3. The molecule has 1 aliphatic rings. The number of amides is 1. The summed E-state index contributed by atoms with van der Waals surface area (Å²) in [7, 11) is -15.3. The lowest BCUT2D eigenvalue weighted by molar-refractivity contribution is -0.0370. The fraction of sp³-hybridized carbons (Fsp3) is 0.615. The fourth-order valence-electron chi connectivity index (χ4n) is 2.98. The van der Waals surface area contributed by atoms with Gasteiger partial charge in [0.25, 0.3) is 11.5 Å². The average Bonchev–Trinajstić information content (AvgIpc) is 2.91. The number of H-pyrrole nitrogens is 1. The summed E-state index contributed by atoms with van der Waals surface area (Å²) in [4.78, 5) is 73.8. The van der Waals surface area contributed by atoms with Crippen molar-refractivity contribution in [1.82, 2.24) is 14.9 Å². The van der Waals surface area contributed by atoms with Crippen LogP contribution < -0.4 is 16.6 Å². The van der Waals surface area contributed by atoms with Crippen LogP contribution in [0.3, 0.4) is 0 Å². The lowest BCUT2D eigenvalue weighted by atomic mass is 9.93. The van der Waals surface area contributed by atoms with Gasteiger partial charge in [-0.1, -0.05) is 13.8 Å². The van der Waals surface area contributed by atoms with Gasteiger partial charge < -0.3 is 29.6 Å². The number of ether oxygens (including phenoxy) is 1. The molecule has 20 heteroatoms. The van der Waals surface area contributed by atoms with E-state index in [0.29, 0.717) is 0 Å². The maximum absolute atomic E-state index is 12.3. The minimum absolute atomic E-state index is 0.364. The van der Waals surface area contributed by atoms with Crippen LogP contribution in [0.1, 0.15) is 30.4 Å². The quantitative estimate of drug-likeness (QED) is 0.215. The summed E-state index contributed by atoms with van der Waals surface area (Å²) in [6.07, 6.45) is -1.03. The zero-order valence-electron chi connectivity index (χ0n) is 17.3. The van der Waals surface area contributed by atoms with Gasteiger partial charge in [-0.3, -0.25) is 23.7 Å². The molecule has 2 heterocycles. The summed E-state index contributed by atoms with van der Waals surface area (Å²) in [5.41, 5.74) is -2.17. The molecule has 1 amide bonds. The number of phosphoric acid groups is 3. The van der Waals surface area contributed by atoms with Crippen molar-refractivity contribution in [3.63, 3.8) is 0 Å². The zero-order chi connectivity index (χ0) is 25.4. The molecular weight excluding hydrogens is 515 g/mol. The molecule has 0 aliphatic carbocycles. The van der Waals surface area contributed by atoms with Crippen LogP contribution in [0.25, 0.3) is 0 Å². The van der Waals surface area contributed by atoms with Crippen molar-refractivity contribution in [2.24, 2.45) is 11.8 Å². The predicted molar refractivity (Wildman–Crippen MR) is 107 cm³/mol. The normalized spacial score (nSPS) is 27.0. The first-order valence-corrected chi connectivity index (χ1v) is 13.5. The molecule has 0 saturated carbocycles. The number of carbonyl (C=O) groups excluding carboxylic acids is 1. The first-order chi connectivity index (χ1) is 15.0. The average molecular weight is 537 g/mol. The highest BCUT2D eigenvalue weighted by molar-refractivity contribution is 7.66. The summed E-state index contributed by atoms with van der Waals surface area (Å²) >= 11 is 0. The van der Waals surface area contributed by atoms with E-state index in [9.17, 15) is 37.9 Å². The summed E-state index contributed by atoms with van der Waals surface area (Å²) in [6, 6.07) is 0. The molecule has 33 heavy (non-hydrogen) atoms. The number of rotatable bonds is 9. The maximum Gasteiger partial charge on any atom is 0.490 e. The van der Waals surface area contributed by atoms with Crippen LogP contribution in [-0.4, -0.2) is 54.8 Å². The topological polar surface area (TPSA) is 253 Å². The molecule has 1 saturated heterocycles. The van der Waals surface area contributed by atoms with Crippen molar-refractivity contribution in [1.29, 1.82) is 0 Å². The number of phosphoric ester groups is 1. The molecule has 0 aromatic carbocycles. The van der Waals surface area contributed by atoms with Crippen molar-refractivity contribution in [3.05, 3.63) is 32.6 Å². The minimum Gasteiger partial charge on any atom is -0.355 e. The van der Waals surface area contributed by atoms with Crippen LogP contribution in [0, 0.1) is 11.8 Å². The van der Waals surface area contributed by atoms with Gasteiger partial charge in [0.2, 0.25) is 0 Å². The number of hydrogen-bond donors (Lipinski definition) is 6. The number of aromatic amines is 1. The van der Waals surface area contributed by atoms with Gasteiger partial charge in [0.1, 0.15) is 11.8 Å². The van der Waals surface area contributed by atoms with E-state index in [1.54, 1.807) is 13.8 Å². The number of nitrogens with one attached hydrogen (secondary N) is 2. The third kappa shape index (κ3) is 7.25. The summed E-state index contributed by atoms with van der Waals surface area (Å²) in [5.74, 6) is -1.67. The van der Waals surface area contributed by atoms with E-state index in [0.717, 1.165) is 10.8 Å². The van der Waals surface area contributed by atoms with Crippen molar-refractivity contribution in [2.75, 3.05) is 13.7 Å². The lowest BCUT2D eigenvalue weighted by Crippen LogP contribution is -2.38. The van der Waals surface area contributed by atoms with Gasteiger partial charge in [-0.2, -0.15) is 8.62 Å². The summed E-state index contributed by atoms with van der Waals surface area (Å²) in [5, 5.41) is 2.25. The van der Waals surface area contributed by atoms with Crippen LogP contribution in [-0.2, 0) is 31.6 Å². The van der Waals surface area contributed by atoms with E-state index in [1.807, 2.05) is 4.98 Å². The number of carbonyl (C=O) groups is 1. The Morgan fingerprint density at radius 2 is 1.73 bits per heavy atom. The van der Waals surface area contributed by atoms with Crippen molar-refractivity contribution >= 4 is 29.4 Å². The lowest BCUT2D eigenvalue weighted by Gasteiger charge is -2.20. The van der Waals surface area contributed by atoms with E-state index in [-0.39, 0.29) is 5.56 Å². The standard InChI is InChI=1S/C13H22N3O14P3/c1-6-7(2)12(16-4-8(10(17)14-3)11(18)15-13(16)19)28-9(6)5-27-32(23,24)30-33(25,26)29-31(20,21)22/h4,6-7,9,12H,5H2,1-3H3,(H,14,17)(H,23,24)(H,25,26)(H,15,18,19)(H2,20,21,22)/t6?,7-,9+,12+/m0/s1. The van der Waals surface area contributed by atoms with Gasteiger partial charge in [0.05, 0.1) is 12.7 Å². The summed E-state index contributed by atoms with van der Waals surface area (Å²) in [6.45, 7) is 2.56. The monoisotopic (exact) mass is 537 g/mol. The summed E-state index contributed by atoms with van der Waals surface area (Å²) < 4.78 is 52.4. The maximum atomic E-state index is 12.3. The number of hydrogen-bond acceptors (Lipinski definition) is 10. The second-order valence-corrected chi connectivity index (χ2v) is 11.4. The van der Waals surface area contributed by atoms with E-state index in [2.05, 4.69) is 18.5 Å². The fourth-order valence-corrected chi connectivity index (χ4v) is 6.01. The Bertz CT molecular complexity index is 1160. The second-order valence-electron chi connectivity index (χ2n) is 6.96. The smallest absolute Gasteiger partial charge is 0.355 e. The van der Waals surface area contributed by atoms with Crippen LogP contribution >= 0.6 is 23.5 Å². The Hall–Kier alpha value is -1.48. The first kappa shape index (κ1) is 27.8. The van der Waals surface area contributed by atoms with Gasteiger partial charge in [0.15, 0.2) is 0 Å². The molecule has 188 valence electrons. The third-order valence-corrected chi connectivity index (χ3v) is 8.51. The zero-order valence-corrected chi connectivity index (χ0v) is 19.9. The third-order valence-electron chi connectivity index (χ3n) is 4.71. The van der Waals surface area contributed by atoms with Crippen molar-refractivity contribution in [3.8, 4) is 0 Å². The van der Waals surface area contributed by atoms with Gasteiger partial charge in [-0.25, -0.2) is 18.5 Å². The van der Waals surface area contributed by atoms with Crippen LogP contribution in [0.2, 0.25) is 0 Å². The molecule has 0 radical (unpaired) electrons. The Kier molecular flexibility index (Phi) is 8.43. The molecule has 1 fully saturated rings. The molecule has 17 nitrogen and oxygen atoms in total. The highest BCUT2D eigenvalue weighted by Crippen LogP contribution is 2.66. The minimum atomic E-state index is -5.67. The van der Waals surface area contributed by atoms with Gasteiger partial charge in [-0.15, -0.1) is 0 Å². The number of nitrogens with zero attached hydrogens (tertiary/aromatic N) is 1. The SMILES string of the molecule is CNC(=O)c1cn([C@@H]2O[C@H](COP(=O)(O)OP(=O)(O)OP(=O)(O)O)C(C)[C@@H]2C)c(=O)[nH]c1=O. The van der Waals surface area contributed by atoms with E-state index in [4.69, 9.17) is 14.5 Å². The van der Waals surface area contributed by atoms with Crippen LogP contribution in [0.5, 0.6) is 0 Å². The molecule has 1 aromatic rings. The Labute approximate surface area is 185 Å². The Balaban J connectivity index is 2.17. The van der Waals surface area contributed by atoms with Gasteiger partial charge >= 0.3 is 29.2 Å². The van der Waals surface area contributed by atoms with Crippen molar-refractivity contribution in [2.45, 2.75) is 26.2 Å². The molecule has 0 spiro atoms. The molecule has 0 bridgehead atoms. The van der Waals surface area contributed by atoms with E-state index >= 15 is 0 Å². The van der Waals surface area contributed by atoms with Crippen molar-refractivity contribution < 1.29 is 55.9 Å². The Morgan fingerprint density at radius 1 is 1.12 bits per heavy atom. The molecule has 1 aromatic heterocycles.